The average Bonchev–Trinajstić information content (AvgIpc) is 2.39. The Hall–Kier alpha value is -0.420. The minimum absolute atomic E-state index is 0.140. The predicted octanol–water partition coefficient (Wildman–Crippen LogP) is 4.48. The zero-order valence-electron chi connectivity index (χ0n) is 13.0. The van der Waals surface area contributed by atoms with Gasteiger partial charge in [-0.15, -0.1) is 0 Å². The second-order valence-corrected chi connectivity index (χ2v) is 7.58. The topological polar surface area (TPSA) is 80.3 Å². The molecule has 0 aliphatic carbocycles. The lowest BCUT2D eigenvalue weighted by Gasteiger charge is -2.23. The molecule has 0 aromatic heterocycles. The zero-order valence-corrected chi connectivity index (χ0v) is 14.8. The molecule has 21 heavy (non-hydrogen) atoms. The fraction of sp³-hybridized carbons (Fsp3) is 0.667. The van der Waals surface area contributed by atoms with Crippen molar-refractivity contribution in [1.29, 1.82) is 0 Å². The summed E-state index contributed by atoms with van der Waals surface area (Å²) in [5.74, 6) is 0. The summed E-state index contributed by atoms with van der Waals surface area (Å²) in [6.45, 7) is 14.2. The molecule has 0 amide bonds. The molecule has 0 saturated heterocycles. The van der Waals surface area contributed by atoms with Gasteiger partial charge in [-0.25, -0.2) is 0 Å². The van der Waals surface area contributed by atoms with Crippen molar-refractivity contribution in [2.45, 2.75) is 27.7 Å². The van der Waals surface area contributed by atoms with E-state index >= 15 is 0 Å². The van der Waals surface area contributed by atoms with Crippen molar-refractivity contribution in [2.75, 3.05) is 26.4 Å². The monoisotopic (exact) mass is 342 g/mol. The maximum Gasteiger partial charge on any atom is 0.395 e. The van der Waals surface area contributed by atoms with Crippen LogP contribution in [0.2, 0.25) is 0 Å². The second-order valence-electron chi connectivity index (χ2n) is 3.56. The van der Waals surface area contributed by atoms with Gasteiger partial charge in [0.15, 0.2) is 0 Å². The summed E-state index contributed by atoms with van der Waals surface area (Å²) in [6, 6.07) is 0. The van der Waals surface area contributed by atoms with Gasteiger partial charge in [0, 0.05) is 0 Å². The minimum Gasteiger partial charge on any atom is -0.441 e. The Morgan fingerprint density at radius 3 is 1.14 bits per heavy atom. The highest BCUT2D eigenvalue weighted by Gasteiger charge is 2.36. The Labute approximate surface area is 126 Å². The number of ether oxygens (including phenoxy) is 1. The molecule has 0 aromatic carbocycles. The van der Waals surface area contributed by atoms with Crippen LogP contribution < -0.4 is 0 Å². The quantitative estimate of drug-likeness (QED) is 0.382. The van der Waals surface area contributed by atoms with Crippen LogP contribution in [0.3, 0.4) is 0 Å². The number of hydrogen-bond donors (Lipinski definition) is 0. The molecule has 0 unspecified atom stereocenters. The summed E-state index contributed by atoms with van der Waals surface area (Å²) in [5.41, 5.74) is -0.619. The van der Waals surface area contributed by atoms with E-state index in [9.17, 15) is 9.13 Å². The third kappa shape index (κ3) is 6.07. The van der Waals surface area contributed by atoms with Gasteiger partial charge in [-0.1, -0.05) is 0 Å². The van der Waals surface area contributed by atoms with E-state index in [0.29, 0.717) is 0 Å². The lowest BCUT2D eigenvalue weighted by Crippen LogP contribution is -2.04. The molecule has 9 heteroatoms. The Morgan fingerprint density at radius 2 is 0.952 bits per heavy atom. The van der Waals surface area contributed by atoms with Gasteiger partial charge in [-0.05, 0) is 40.9 Å². The van der Waals surface area contributed by atoms with Gasteiger partial charge < -0.3 is 22.8 Å². The molecular weight excluding hydrogens is 318 g/mol. The zero-order chi connectivity index (χ0) is 16.5. The maximum atomic E-state index is 12.4. The number of rotatable bonds is 12. The van der Waals surface area contributed by atoms with Crippen LogP contribution in [0.5, 0.6) is 0 Å². The molecule has 0 radical (unpaired) electrons. The Kier molecular flexibility index (Phi) is 9.38. The summed E-state index contributed by atoms with van der Waals surface area (Å²) >= 11 is 0. The van der Waals surface area contributed by atoms with E-state index < -0.39 is 15.2 Å². The van der Waals surface area contributed by atoms with Crippen molar-refractivity contribution in [3.05, 3.63) is 24.2 Å². The average molecular weight is 342 g/mol. The van der Waals surface area contributed by atoms with E-state index in [1.165, 1.54) is 0 Å². The highest BCUT2D eigenvalue weighted by molar-refractivity contribution is 7.59. The fourth-order valence-corrected chi connectivity index (χ4v) is 3.89. The largest absolute Gasteiger partial charge is 0.441 e. The fourth-order valence-electron chi connectivity index (χ4n) is 1.29. The van der Waals surface area contributed by atoms with E-state index in [2.05, 4.69) is 13.2 Å². The highest BCUT2D eigenvalue weighted by Crippen LogP contribution is 2.61. The molecule has 0 aliphatic heterocycles. The first-order chi connectivity index (χ1) is 9.79. The van der Waals surface area contributed by atoms with Crippen molar-refractivity contribution in [2.24, 2.45) is 0 Å². The van der Waals surface area contributed by atoms with Crippen molar-refractivity contribution in [1.82, 2.24) is 0 Å². The maximum absolute atomic E-state index is 12.4. The first kappa shape index (κ1) is 20.6. The SMILES string of the molecule is C=C(OC(=C)P(=O)(OCC)OCC)P(=O)(OCC)OCC. The molecule has 0 spiro atoms. The van der Waals surface area contributed by atoms with Gasteiger partial charge in [-0.3, -0.25) is 9.13 Å². The molecule has 0 bridgehead atoms. The minimum atomic E-state index is -3.68. The summed E-state index contributed by atoms with van der Waals surface area (Å²) in [6.07, 6.45) is 0. The van der Waals surface area contributed by atoms with Gasteiger partial charge in [-0.2, -0.15) is 0 Å². The van der Waals surface area contributed by atoms with Gasteiger partial charge >= 0.3 is 15.2 Å². The van der Waals surface area contributed by atoms with Crippen LogP contribution in [-0.2, 0) is 32.0 Å². The Bertz CT molecular complexity index is 387. The highest BCUT2D eigenvalue weighted by atomic mass is 31.2. The molecule has 0 rings (SSSR count). The smallest absolute Gasteiger partial charge is 0.395 e. The van der Waals surface area contributed by atoms with Crippen molar-refractivity contribution < 1.29 is 32.0 Å². The van der Waals surface area contributed by atoms with Crippen LogP contribution in [0.1, 0.15) is 27.7 Å². The molecule has 0 aromatic rings. The van der Waals surface area contributed by atoms with Crippen molar-refractivity contribution in [3.8, 4) is 0 Å². The molecular formula is C12H24O7P2. The van der Waals surface area contributed by atoms with Crippen LogP contribution in [0.15, 0.2) is 24.2 Å². The molecule has 124 valence electrons. The molecule has 7 nitrogen and oxygen atoms in total. The van der Waals surface area contributed by atoms with Gasteiger partial charge in [0.2, 0.25) is 11.0 Å². The van der Waals surface area contributed by atoms with Crippen LogP contribution in [0.4, 0.5) is 0 Å². The van der Waals surface area contributed by atoms with Gasteiger partial charge in [0.25, 0.3) is 0 Å². The van der Waals surface area contributed by atoms with E-state index in [1.54, 1.807) is 27.7 Å². The van der Waals surface area contributed by atoms with Crippen LogP contribution in [0.25, 0.3) is 0 Å². The lowest BCUT2D eigenvalue weighted by atomic mass is 10.9. The Balaban J connectivity index is 5.07. The number of hydrogen-bond acceptors (Lipinski definition) is 7. The predicted molar refractivity (Wildman–Crippen MR) is 81.1 cm³/mol. The molecule has 0 aliphatic rings. The molecule has 0 atom stereocenters. The third-order valence-electron chi connectivity index (χ3n) is 2.04. The first-order valence-corrected chi connectivity index (χ1v) is 9.73. The summed E-state index contributed by atoms with van der Waals surface area (Å²) < 4.78 is 50.2. The normalized spacial score (nSPS) is 12.2. The van der Waals surface area contributed by atoms with E-state index in [4.69, 9.17) is 22.8 Å². The lowest BCUT2D eigenvalue weighted by molar-refractivity contribution is 0.190. The van der Waals surface area contributed by atoms with Crippen molar-refractivity contribution >= 4 is 15.2 Å². The van der Waals surface area contributed by atoms with Crippen LogP contribution >= 0.6 is 15.2 Å². The van der Waals surface area contributed by atoms with E-state index in [-0.39, 0.29) is 37.4 Å². The third-order valence-corrected chi connectivity index (χ3v) is 5.84. The van der Waals surface area contributed by atoms with Gasteiger partial charge in [0.05, 0.1) is 26.4 Å². The first-order valence-electron chi connectivity index (χ1n) is 6.64. The summed E-state index contributed by atoms with van der Waals surface area (Å²) in [4.78, 5) is 0. The van der Waals surface area contributed by atoms with E-state index in [1.807, 2.05) is 0 Å². The van der Waals surface area contributed by atoms with Crippen molar-refractivity contribution in [3.63, 3.8) is 0 Å². The van der Waals surface area contributed by atoms with E-state index in [0.717, 1.165) is 0 Å². The Morgan fingerprint density at radius 1 is 0.714 bits per heavy atom. The molecule has 0 heterocycles. The molecule has 0 N–H and O–H groups in total. The van der Waals surface area contributed by atoms with Gasteiger partial charge in [0.1, 0.15) is 0 Å². The van der Waals surface area contributed by atoms with Crippen LogP contribution in [-0.4, -0.2) is 26.4 Å². The summed E-state index contributed by atoms with van der Waals surface area (Å²) in [7, 11) is -7.36. The molecule has 0 saturated carbocycles. The molecule has 0 fully saturated rings. The standard InChI is InChI=1S/C12H24O7P2/c1-7-15-20(13,16-8-2)11(5)19-12(6)21(14,17-9-3)18-10-4/h5-10H2,1-4H3. The summed E-state index contributed by atoms with van der Waals surface area (Å²) in [5, 5.41) is 0. The second kappa shape index (κ2) is 9.57. The van der Waals surface area contributed by atoms with Crippen LogP contribution in [0, 0.1) is 0 Å².